The summed E-state index contributed by atoms with van der Waals surface area (Å²) in [6.07, 6.45) is 0.671. The second-order valence-corrected chi connectivity index (χ2v) is 6.15. The minimum absolute atomic E-state index is 0.0405. The maximum Gasteiger partial charge on any atom is 0.418 e. The summed E-state index contributed by atoms with van der Waals surface area (Å²) in [5.74, 6) is 0.298. The highest BCUT2D eigenvalue weighted by Crippen LogP contribution is 2.52. The third kappa shape index (κ3) is 2.33. The summed E-state index contributed by atoms with van der Waals surface area (Å²) in [7, 11) is 0. The van der Waals surface area contributed by atoms with Crippen molar-refractivity contribution < 1.29 is 13.2 Å². The molecule has 2 aromatic carbocycles. The van der Waals surface area contributed by atoms with E-state index in [0.29, 0.717) is 0 Å². The zero-order valence-corrected chi connectivity index (χ0v) is 12.3. The average Bonchev–Trinajstić information content (AvgIpc) is 3.03. The maximum atomic E-state index is 13.4. The van der Waals surface area contributed by atoms with Crippen molar-refractivity contribution in [3.05, 3.63) is 77.4 Å². The largest absolute Gasteiger partial charge is 0.418 e. The zero-order valence-electron chi connectivity index (χ0n) is 12.3. The summed E-state index contributed by atoms with van der Waals surface area (Å²) in [6.45, 7) is 0. The third-order valence-electron chi connectivity index (χ3n) is 4.86. The fraction of sp³-hybridized carbons (Fsp3) is 0.263. The zero-order chi connectivity index (χ0) is 16.0. The summed E-state index contributed by atoms with van der Waals surface area (Å²) in [4.78, 5) is 0. The van der Waals surface area contributed by atoms with Gasteiger partial charge in [-0.25, -0.2) is 0 Å². The molecule has 0 radical (unpaired) electrons. The number of benzene rings is 2. The number of hydrogen-bond acceptors (Lipinski definition) is 1. The second-order valence-electron chi connectivity index (χ2n) is 6.15. The van der Waals surface area contributed by atoms with Crippen LogP contribution in [0.4, 0.5) is 18.9 Å². The summed E-state index contributed by atoms with van der Waals surface area (Å²) >= 11 is 0. The lowest BCUT2D eigenvalue weighted by atomic mass is 9.76. The van der Waals surface area contributed by atoms with E-state index in [4.69, 9.17) is 0 Å². The van der Waals surface area contributed by atoms with Crippen LogP contribution in [0.5, 0.6) is 0 Å². The van der Waals surface area contributed by atoms with Crippen LogP contribution in [0.15, 0.2) is 60.7 Å². The molecule has 0 saturated carbocycles. The molecule has 2 aliphatic rings. The molecule has 4 heteroatoms. The molecule has 1 nitrogen and oxygen atoms in total. The molecule has 0 bridgehead atoms. The van der Waals surface area contributed by atoms with Crippen molar-refractivity contribution >= 4 is 5.69 Å². The Bertz CT molecular complexity index is 749. The Labute approximate surface area is 132 Å². The molecular weight excluding hydrogens is 299 g/mol. The molecule has 0 unspecified atom stereocenters. The van der Waals surface area contributed by atoms with E-state index in [2.05, 4.69) is 17.5 Å². The van der Waals surface area contributed by atoms with Crippen LogP contribution in [0.1, 0.15) is 35.1 Å². The second kappa shape index (κ2) is 5.15. The van der Waals surface area contributed by atoms with Crippen molar-refractivity contribution in [1.82, 2.24) is 0 Å². The number of allylic oxidation sites excluding steroid dienone is 2. The molecule has 2 aromatic rings. The van der Waals surface area contributed by atoms with Gasteiger partial charge >= 0.3 is 6.18 Å². The summed E-state index contributed by atoms with van der Waals surface area (Å²) in [5, 5.41) is 3.20. The molecule has 0 saturated heterocycles. The molecular formula is C19H16F3N. The number of hydrogen-bond donors (Lipinski definition) is 1. The Morgan fingerprint density at radius 1 is 0.957 bits per heavy atom. The van der Waals surface area contributed by atoms with Crippen LogP contribution in [-0.4, -0.2) is 0 Å². The number of fused-ring (bicyclic) bond motifs is 3. The lowest BCUT2D eigenvalue weighted by molar-refractivity contribution is -0.137. The normalized spacial score (nSPS) is 25.6. The molecule has 118 valence electrons. The predicted molar refractivity (Wildman–Crippen MR) is 84.2 cm³/mol. The van der Waals surface area contributed by atoms with E-state index < -0.39 is 11.7 Å². The van der Waals surface area contributed by atoms with Gasteiger partial charge in [-0.3, -0.25) is 0 Å². The van der Waals surface area contributed by atoms with E-state index in [9.17, 15) is 13.2 Å². The summed E-state index contributed by atoms with van der Waals surface area (Å²) in [6, 6.07) is 14.1. The van der Waals surface area contributed by atoms with Crippen LogP contribution in [-0.2, 0) is 6.18 Å². The van der Waals surface area contributed by atoms with E-state index in [-0.39, 0.29) is 23.6 Å². The van der Waals surface area contributed by atoms with Gasteiger partial charge in [-0.2, -0.15) is 13.2 Å². The van der Waals surface area contributed by atoms with Crippen LogP contribution in [0.25, 0.3) is 0 Å². The fourth-order valence-electron chi connectivity index (χ4n) is 3.85. The van der Waals surface area contributed by atoms with E-state index >= 15 is 0 Å². The molecule has 0 spiro atoms. The van der Waals surface area contributed by atoms with Crippen molar-refractivity contribution in [2.24, 2.45) is 5.92 Å². The highest BCUT2D eigenvalue weighted by Gasteiger charge is 2.42. The Balaban J connectivity index is 1.86. The van der Waals surface area contributed by atoms with Crippen molar-refractivity contribution in [3.63, 3.8) is 0 Å². The summed E-state index contributed by atoms with van der Waals surface area (Å²) < 4.78 is 40.2. The minimum Gasteiger partial charge on any atom is -0.377 e. The first-order valence-corrected chi connectivity index (χ1v) is 7.74. The van der Waals surface area contributed by atoms with Crippen molar-refractivity contribution in [2.45, 2.75) is 24.6 Å². The highest BCUT2D eigenvalue weighted by atomic mass is 19.4. The molecule has 0 amide bonds. The van der Waals surface area contributed by atoms with Gasteiger partial charge < -0.3 is 5.32 Å². The minimum atomic E-state index is -4.35. The van der Waals surface area contributed by atoms with Crippen molar-refractivity contribution in [2.75, 3.05) is 5.32 Å². The number of alkyl halides is 3. The van der Waals surface area contributed by atoms with Crippen LogP contribution in [0.2, 0.25) is 0 Å². The Morgan fingerprint density at radius 3 is 2.48 bits per heavy atom. The van der Waals surface area contributed by atoms with Gasteiger partial charge in [0.2, 0.25) is 0 Å². The van der Waals surface area contributed by atoms with E-state index in [1.54, 1.807) is 0 Å². The average molecular weight is 315 g/mol. The van der Waals surface area contributed by atoms with Gasteiger partial charge in [0, 0.05) is 5.92 Å². The number of nitrogens with one attached hydrogen (secondary N) is 1. The molecule has 1 aliphatic heterocycles. The Hall–Kier alpha value is -2.23. The van der Waals surface area contributed by atoms with Gasteiger partial charge in [-0.1, -0.05) is 54.6 Å². The van der Waals surface area contributed by atoms with E-state index in [1.165, 1.54) is 6.07 Å². The SMILES string of the molecule is FC(F)(F)c1cccc2c1N[C@H](c1ccccc1)[C@@H]1CC=C[C@@H]21. The van der Waals surface area contributed by atoms with E-state index in [1.807, 2.05) is 36.4 Å². The molecule has 0 fully saturated rings. The maximum absolute atomic E-state index is 13.4. The van der Waals surface area contributed by atoms with Crippen molar-refractivity contribution in [1.29, 1.82) is 0 Å². The molecule has 3 atom stereocenters. The number of rotatable bonds is 1. The lowest BCUT2D eigenvalue weighted by Gasteiger charge is -2.38. The molecule has 1 heterocycles. The molecule has 4 rings (SSSR count). The van der Waals surface area contributed by atoms with E-state index in [0.717, 1.165) is 23.6 Å². The molecule has 23 heavy (non-hydrogen) atoms. The molecule has 1 aliphatic carbocycles. The molecule has 0 aromatic heterocycles. The van der Waals surface area contributed by atoms with Crippen LogP contribution >= 0.6 is 0 Å². The van der Waals surface area contributed by atoms with Gasteiger partial charge in [-0.15, -0.1) is 0 Å². The smallest absolute Gasteiger partial charge is 0.377 e. The molecule has 1 N–H and O–H groups in total. The number of para-hydroxylation sites is 1. The van der Waals surface area contributed by atoms with Crippen molar-refractivity contribution in [3.8, 4) is 0 Å². The Morgan fingerprint density at radius 2 is 1.74 bits per heavy atom. The standard InChI is InChI=1S/C19H16F3N/c20-19(21,22)16-11-5-10-15-13-8-4-9-14(13)17(23-18(15)16)12-6-2-1-3-7-12/h1-8,10-11,13-14,17,23H,9H2/t13-,14-,17-/m1/s1. The monoisotopic (exact) mass is 315 g/mol. The van der Waals surface area contributed by atoms with Crippen LogP contribution in [0, 0.1) is 5.92 Å². The lowest BCUT2D eigenvalue weighted by Crippen LogP contribution is -2.30. The first-order valence-electron chi connectivity index (χ1n) is 7.74. The fourth-order valence-corrected chi connectivity index (χ4v) is 3.85. The quantitative estimate of drug-likeness (QED) is 0.682. The first-order chi connectivity index (χ1) is 11.1. The van der Waals surface area contributed by atoms with Gasteiger partial charge in [-0.05, 0) is 29.5 Å². The number of halogens is 3. The number of anilines is 1. The van der Waals surface area contributed by atoms with Gasteiger partial charge in [0.1, 0.15) is 0 Å². The van der Waals surface area contributed by atoms with Crippen LogP contribution < -0.4 is 5.32 Å². The Kier molecular flexibility index (Phi) is 3.22. The van der Waals surface area contributed by atoms with Crippen LogP contribution in [0.3, 0.4) is 0 Å². The topological polar surface area (TPSA) is 12.0 Å². The first kappa shape index (κ1) is 14.4. The highest BCUT2D eigenvalue weighted by molar-refractivity contribution is 5.65. The van der Waals surface area contributed by atoms with Gasteiger partial charge in [0.25, 0.3) is 0 Å². The predicted octanol–water partition coefficient (Wildman–Crippen LogP) is 5.53. The summed E-state index contributed by atoms with van der Waals surface area (Å²) in [5.41, 5.74) is 1.45. The van der Waals surface area contributed by atoms with Gasteiger partial charge in [0.15, 0.2) is 0 Å². The third-order valence-corrected chi connectivity index (χ3v) is 4.86. The van der Waals surface area contributed by atoms with Gasteiger partial charge in [0.05, 0.1) is 17.3 Å².